The topological polar surface area (TPSA) is 106 Å². The zero-order valence-electron chi connectivity index (χ0n) is 16.3. The maximum absolute atomic E-state index is 12.6. The highest BCUT2D eigenvalue weighted by molar-refractivity contribution is 7.92. The van der Waals surface area contributed by atoms with Crippen LogP contribution in [0.25, 0.3) is 11.0 Å². The van der Waals surface area contributed by atoms with Gasteiger partial charge in [-0.25, -0.2) is 13.4 Å². The van der Waals surface area contributed by atoms with Gasteiger partial charge in [0, 0.05) is 23.7 Å². The Kier molecular flexibility index (Phi) is 4.96. The van der Waals surface area contributed by atoms with Crippen LogP contribution >= 0.6 is 0 Å². The first-order chi connectivity index (χ1) is 14.3. The van der Waals surface area contributed by atoms with E-state index in [1.54, 1.807) is 53.3 Å². The number of carbonyl (C=O) groups is 1. The van der Waals surface area contributed by atoms with Crippen LogP contribution in [0.5, 0.6) is 0 Å². The van der Waals surface area contributed by atoms with Gasteiger partial charge in [-0.2, -0.15) is 5.10 Å². The van der Waals surface area contributed by atoms with Gasteiger partial charge in [-0.15, -0.1) is 0 Å². The molecule has 0 saturated heterocycles. The number of hydrogen-bond acceptors (Lipinski definition) is 5. The van der Waals surface area contributed by atoms with Gasteiger partial charge < -0.3 is 5.32 Å². The van der Waals surface area contributed by atoms with Gasteiger partial charge in [0.15, 0.2) is 5.65 Å². The molecule has 0 radical (unpaired) electrons. The van der Waals surface area contributed by atoms with Gasteiger partial charge in [0.1, 0.15) is 0 Å². The van der Waals surface area contributed by atoms with Crippen molar-refractivity contribution in [2.24, 2.45) is 7.05 Å². The average Bonchev–Trinajstić information content (AvgIpc) is 3.02. The molecule has 4 aromatic rings. The molecule has 2 N–H and O–H groups in total. The van der Waals surface area contributed by atoms with E-state index in [0.717, 1.165) is 16.7 Å². The monoisotopic (exact) mass is 421 g/mol. The van der Waals surface area contributed by atoms with Crippen LogP contribution in [0.15, 0.2) is 71.8 Å². The number of nitrogens with one attached hydrogen (secondary N) is 2. The number of nitrogens with zero attached hydrogens (tertiary/aromatic N) is 3. The molecule has 0 aliphatic heterocycles. The molecule has 0 aliphatic carbocycles. The molecule has 2 heterocycles. The summed E-state index contributed by atoms with van der Waals surface area (Å²) in [6.45, 7) is 1.88. The van der Waals surface area contributed by atoms with Crippen LogP contribution in [0, 0.1) is 6.92 Å². The summed E-state index contributed by atoms with van der Waals surface area (Å²) >= 11 is 0. The largest absolute Gasteiger partial charge is 0.321 e. The van der Waals surface area contributed by atoms with E-state index < -0.39 is 10.0 Å². The third kappa shape index (κ3) is 3.87. The van der Waals surface area contributed by atoms with Crippen LogP contribution in [-0.2, 0) is 17.1 Å². The maximum atomic E-state index is 12.6. The van der Waals surface area contributed by atoms with Crippen molar-refractivity contribution >= 4 is 38.3 Å². The van der Waals surface area contributed by atoms with Crippen LogP contribution in [0.4, 0.5) is 11.4 Å². The SMILES string of the molecule is Cc1nn(C)c2ncc(NC(=O)c3ccc(NS(=O)(=O)c4ccccc4)cc3)cc12. The minimum Gasteiger partial charge on any atom is -0.321 e. The highest BCUT2D eigenvalue weighted by Gasteiger charge is 2.14. The zero-order valence-corrected chi connectivity index (χ0v) is 17.1. The lowest BCUT2D eigenvalue weighted by Gasteiger charge is -2.09. The Balaban J connectivity index is 1.49. The van der Waals surface area contributed by atoms with Crippen molar-refractivity contribution in [1.29, 1.82) is 0 Å². The Morgan fingerprint density at radius 1 is 1.00 bits per heavy atom. The molecule has 9 heteroatoms. The Labute approximate surface area is 173 Å². The third-order valence-corrected chi connectivity index (χ3v) is 5.97. The highest BCUT2D eigenvalue weighted by Crippen LogP contribution is 2.21. The predicted molar refractivity (Wildman–Crippen MR) is 115 cm³/mol. The number of carbonyl (C=O) groups excluding carboxylic acids is 1. The lowest BCUT2D eigenvalue weighted by Crippen LogP contribution is -2.14. The van der Waals surface area contributed by atoms with Gasteiger partial charge in [0.05, 0.1) is 22.5 Å². The lowest BCUT2D eigenvalue weighted by molar-refractivity contribution is 0.102. The van der Waals surface area contributed by atoms with Gasteiger partial charge in [0.25, 0.3) is 15.9 Å². The molecule has 4 rings (SSSR count). The molecule has 0 bridgehead atoms. The summed E-state index contributed by atoms with van der Waals surface area (Å²) in [5.74, 6) is -0.324. The van der Waals surface area contributed by atoms with E-state index in [0.29, 0.717) is 16.9 Å². The highest BCUT2D eigenvalue weighted by atomic mass is 32.2. The molecule has 0 fully saturated rings. The minimum atomic E-state index is -3.68. The number of anilines is 2. The number of amides is 1. The van der Waals surface area contributed by atoms with E-state index in [1.165, 1.54) is 12.1 Å². The smallest absolute Gasteiger partial charge is 0.261 e. The van der Waals surface area contributed by atoms with Crippen molar-refractivity contribution in [2.75, 3.05) is 10.0 Å². The minimum absolute atomic E-state index is 0.167. The van der Waals surface area contributed by atoms with E-state index in [1.807, 2.05) is 20.0 Å². The molecule has 1 amide bonds. The summed E-state index contributed by atoms with van der Waals surface area (Å²) < 4.78 is 29.0. The first-order valence-corrected chi connectivity index (χ1v) is 10.6. The third-order valence-electron chi connectivity index (χ3n) is 4.57. The number of hydrogen-bond donors (Lipinski definition) is 2. The van der Waals surface area contributed by atoms with E-state index in [4.69, 9.17) is 0 Å². The molecule has 2 aromatic heterocycles. The lowest BCUT2D eigenvalue weighted by atomic mass is 10.2. The number of pyridine rings is 1. The van der Waals surface area contributed by atoms with E-state index in [2.05, 4.69) is 20.1 Å². The molecule has 0 spiro atoms. The summed E-state index contributed by atoms with van der Waals surface area (Å²) in [6, 6.07) is 16.1. The molecule has 8 nitrogen and oxygen atoms in total. The molecule has 0 saturated carbocycles. The predicted octanol–water partition coefficient (Wildman–Crippen LogP) is 3.33. The molecule has 0 unspecified atom stereocenters. The van der Waals surface area contributed by atoms with Crippen LogP contribution in [0.3, 0.4) is 0 Å². The number of rotatable bonds is 5. The standard InChI is InChI=1S/C21H19N5O3S/c1-14-19-12-17(13-22-20(19)26(2)24-14)23-21(27)15-8-10-16(11-9-15)25-30(28,29)18-6-4-3-5-7-18/h3-13,25H,1-2H3,(H,23,27). The van der Waals surface area contributed by atoms with Gasteiger partial charge in [0.2, 0.25) is 0 Å². The normalized spacial score (nSPS) is 11.4. The molecular weight excluding hydrogens is 402 g/mol. The molecule has 2 aromatic carbocycles. The van der Waals surface area contributed by atoms with Crippen molar-refractivity contribution in [1.82, 2.24) is 14.8 Å². The summed E-state index contributed by atoms with van der Waals surface area (Å²) in [5, 5.41) is 7.98. The second kappa shape index (κ2) is 7.60. The van der Waals surface area contributed by atoms with Crippen LogP contribution in [-0.4, -0.2) is 29.1 Å². The van der Waals surface area contributed by atoms with Crippen molar-refractivity contribution in [3.63, 3.8) is 0 Å². The van der Waals surface area contributed by atoms with E-state index >= 15 is 0 Å². The number of benzene rings is 2. The number of fused-ring (bicyclic) bond motifs is 1. The van der Waals surface area contributed by atoms with E-state index in [9.17, 15) is 13.2 Å². The fraction of sp³-hybridized carbons (Fsp3) is 0.0952. The molecule has 0 atom stereocenters. The van der Waals surface area contributed by atoms with Crippen LogP contribution < -0.4 is 10.0 Å². The Morgan fingerprint density at radius 3 is 2.40 bits per heavy atom. The molecule has 30 heavy (non-hydrogen) atoms. The molecule has 0 aliphatic rings. The first kappa shape index (κ1) is 19.6. The van der Waals surface area contributed by atoms with Crippen LogP contribution in [0.1, 0.15) is 16.1 Å². The summed E-state index contributed by atoms with van der Waals surface area (Å²) in [4.78, 5) is 17.1. The number of aryl methyl sites for hydroxylation is 2. The van der Waals surface area contributed by atoms with Crippen LogP contribution in [0.2, 0.25) is 0 Å². The first-order valence-electron chi connectivity index (χ1n) is 9.12. The Hall–Kier alpha value is -3.72. The average molecular weight is 421 g/mol. The number of aromatic nitrogens is 3. The quantitative estimate of drug-likeness (QED) is 0.514. The molecular formula is C21H19N5O3S. The zero-order chi connectivity index (χ0) is 21.3. The summed E-state index contributed by atoms with van der Waals surface area (Å²) in [7, 11) is -1.87. The fourth-order valence-electron chi connectivity index (χ4n) is 3.08. The summed E-state index contributed by atoms with van der Waals surface area (Å²) in [6.07, 6.45) is 1.57. The van der Waals surface area contributed by atoms with Gasteiger partial charge in [-0.3, -0.25) is 14.2 Å². The summed E-state index contributed by atoms with van der Waals surface area (Å²) in [5.41, 5.74) is 2.87. The fourth-order valence-corrected chi connectivity index (χ4v) is 4.16. The van der Waals surface area contributed by atoms with Gasteiger partial charge in [-0.05, 0) is 49.4 Å². The Morgan fingerprint density at radius 2 is 1.70 bits per heavy atom. The van der Waals surface area contributed by atoms with Crippen molar-refractivity contribution in [3.8, 4) is 0 Å². The number of sulfonamides is 1. The van der Waals surface area contributed by atoms with Crippen molar-refractivity contribution < 1.29 is 13.2 Å². The van der Waals surface area contributed by atoms with E-state index in [-0.39, 0.29) is 10.8 Å². The Bertz CT molecular complexity index is 1330. The maximum Gasteiger partial charge on any atom is 0.261 e. The second-order valence-corrected chi connectivity index (χ2v) is 8.44. The van der Waals surface area contributed by atoms with Gasteiger partial charge >= 0.3 is 0 Å². The molecule has 152 valence electrons. The van der Waals surface area contributed by atoms with Crippen molar-refractivity contribution in [3.05, 3.63) is 78.1 Å². The van der Waals surface area contributed by atoms with Gasteiger partial charge in [-0.1, -0.05) is 18.2 Å². The second-order valence-electron chi connectivity index (χ2n) is 6.75. The van der Waals surface area contributed by atoms with Crippen molar-refractivity contribution in [2.45, 2.75) is 11.8 Å².